The smallest absolute Gasteiger partial charge is 0.0904 e. The van der Waals surface area contributed by atoms with Crippen molar-refractivity contribution < 1.29 is 4.74 Å². The Morgan fingerprint density at radius 2 is 2.56 bits per heavy atom. The molecule has 2 heterocycles. The fraction of sp³-hybridized carbons (Fsp3) is 1.00. The molecule has 2 fully saturated rings. The Bertz CT molecular complexity index is 88.1. The minimum absolute atomic E-state index is 0.333. The summed E-state index contributed by atoms with van der Waals surface area (Å²) >= 11 is 2.02. The van der Waals surface area contributed by atoms with E-state index in [1.807, 2.05) is 11.8 Å². The standard InChI is InChI=1S/C6H11NOS/c1-3-8-5-6(1)7-2-4-9-6/h7H,1-5H2. The molecule has 0 aromatic heterocycles. The van der Waals surface area contributed by atoms with Crippen LogP contribution in [0.4, 0.5) is 0 Å². The molecule has 0 aromatic rings. The fourth-order valence-electron chi connectivity index (χ4n) is 1.38. The van der Waals surface area contributed by atoms with Crippen LogP contribution in [0.3, 0.4) is 0 Å². The average molecular weight is 145 g/mol. The van der Waals surface area contributed by atoms with Crippen molar-refractivity contribution in [1.29, 1.82) is 0 Å². The van der Waals surface area contributed by atoms with E-state index in [-0.39, 0.29) is 0 Å². The summed E-state index contributed by atoms with van der Waals surface area (Å²) < 4.78 is 5.30. The molecular weight excluding hydrogens is 134 g/mol. The SMILES string of the molecule is C1CSC2(CCOC2)N1. The van der Waals surface area contributed by atoms with E-state index >= 15 is 0 Å². The molecule has 0 bridgehead atoms. The van der Waals surface area contributed by atoms with E-state index in [2.05, 4.69) is 5.32 Å². The van der Waals surface area contributed by atoms with E-state index in [1.54, 1.807) is 0 Å². The number of hydrogen-bond donors (Lipinski definition) is 1. The van der Waals surface area contributed by atoms with Crippen molar-refractivity contribution in [3.63, 3.8) is 0 Å². The molecule has 2 nitrogen and oxygen atoms in total. The maximum atomic E-state index is 5.30. The first-order valence-electron chi connectivity index (χ1n) is 3.38. The Kier molecular flexibility index (Phi) is 1.43. The molecule has 1 N–H and O–H groups in total. The van der Waals surface area contributed by atoms with E-state index in [1.165, 1.54) is 12.2 Å². The van der Waals surface area contributed by atoms with Crippen molar-refractivity contribution in [3.8, 4) is 0 Å². The van der Waals surface area contributed by atoms with Crippen LogP contribution in [0.5, 0.6) is 0 Å². The van der Waals surface area contributed by atoms with E-state index in [9.17, 15) is 0 Å². The highest BCUT2D eigenvalue weighted by Gasteiger charge is 2.37. The summed E-state index contributed by atoms with van der Waals surface area (Å²) in [4.78, 5) is 0.333. The van der Waals surface area contributed by atoms with Crippen LogP contribution in [0, 0.1) is 0 Å². The third-order valence-electron chi connectivity index (χ3n) is 1.91. The molecule has 0 saturated carbocycles. The lowest BCUT2D eigenvalue weighted by atomic mass is 10.2. The molecule has 1 spiro atoms. The number of rotatable bonds is 0. The predicted octanol–water partition coefficient (Wildman–Crippen LogP) is 0.439. The molecule has 2 rings (SSSR count). The summed E-state index contributed by atoms with van der Waals surface area (Å²) in [5.41, 5.74) is 0. The Morgan fingerprint density at radius 1 is 1.56 bits per heavy atom. The van der Waals surface area contributed by atoms with Crippen molar-refractivity contribution in [2.24, 2.45) is 0 Å². The predicted molar refractivity (Wildman–Crippen MR) is 38.6 cm³/mol. The van der Waals surface area contributed by atoms with Gasteiger partial charge in [0.15, 0.2) is 0 Å². The molecule has 2 aliphatic heterocycles. The van der Waals surface area contributed by atoms with Gasteiger partial charge in [0.25, 0.3) is 0 Å². The van der Waals surface area contributed by atoms with Gasteiger partial charge in [0.1, 0.15) is 0 Å². The van der Waals surface area contributed by atoms with Gasteiger partial charge in [0.2, 0.25) is 0 Å². The summed E-state index contributed by atoms with van der Waals surface area (Å²) in [5.74, 6) is 1.25. The van der Waals surface area contributed by atoms with Crippen molar-refractivity contribution in [1.82, 2.24) is 5.32 Å². The van der Waals surface area contributed by atoms with Gasteiger partial charge in [-0.1, -0.05) is 0 Å². The van der Waals surface area contributed by atoms with Crippen molar-refractivity contribution in [3.05, 3.63) is 0 Å². The fourth-order valence-corrected chi connectivity index (χ4v) is 2.57. The normalized spacial score (nSPS) is 42.7. The topological polar surface area (TPSA) is 21.3 Å². The quantitative estimate of drug-likeness (QED) is 0.534. The molecule has 2 aliphatic rings. The van der Waals surface area contributed by atoms with Gasteiger partial charge < -0.3 is 4.74 Å². The van der Waals surface area contributed by atoms with Crippen LogP contribution in [0.2, 0.25) is 0 Å². The molecule has 0 amide bonds. The van der Waals surface area contributed by atoms with Gasteiger partial charge in [0.05, 0.1) is 11.5 Å². The zero-order valence-corrected chi connectivity index (χ0v) is 6.17. The van der Waals surface area contributed by atoms with Gasteiger partial charge in [-0.3, -0.25) is 5.32 Å². The zero-order chi connectivity index (χ0) is 6.16. The second-order valence-corrected chi connectivity index (χ2v) is 4.05. The lowest BCUT2D eigenvalue weighted by molar-refractivity contribution is 0.187. The molecule has 0 aliphatic carbocycles. The first kappa shape index (κ1) is 6.01. The van der Waals surface area contributed by atoms with Crippen molar-refractivity contribution in [2.45, 2.75) is 11.3 Å². The summed E-state index contributed by atoms with van der Waals surface area (Å²) in [6, 6.07) is 0. The second-order valence-electron chi connectivity index (χ2n) is 2.57. The Balaban J connectivity index is 2.04. The van der Waals surface area contributed by atoms with Gasteiger partial charge in [-0.2, -0.15) is 0 Å². The molecular formula is C6H11NOS. The average Bonchev–Trinajstić information content (AvgIpc) is 2.45. The third kappa shape index (κ3) is 0.974. The Labute approximate surface area is 59.3 Å². The molecule has 1 unspecified atom stereocenters. The molecule has 9 heavy (non-hydrogen) atoms. The Morgan fingerprint density at radius 3 is 3.11 bits per heavy atom. The molecule has 0 aromatic carbocycles. The number of ether oxygens (including phenoxy) is 1. The highest BCUT2D eigenvalue weighted by molar-refractivity contribution is 8.00. The zero-order valence-electron chi connectivity index (χ0n) is 5.35. The van der Waals surface area contributed by atoms with Crippen LogP contribution < -0.4 is 5.32 Å². The second kappa shape index (κ2) is 2.15. The lowest BCUT2D eigenvalue weighted by Gasteiger charge is -2.18. The monoisotopic (exact) mass is 145 g/mol. The van der Waals surface area contributed by atoms with Crippen LogP contribution in [0.1, 0.15) is 6.42 Å². The molecule has 2 saturated heterocycles. The van der Waals surface area contributed by atoms with E-state index in [0.717, 1.165) is 19.8 Å². The molecule has 52 valence electrons. The highest BCUT2D eigenvalue weighted by atomic mass is 32.2. The van der Waals surface area contributed by atoms with Crippen LogP contribution in [0.15, 0.2) is 0 Å². The van der Waals surface area contributed by atoms with Crippen LogP contribution in [-0.4, -0.2) is 30.4 Å². The molecule has 0 radical (unpaired) electrons. The van der Waals surface area contributed by atoms with Crippen molar-refractivity contribution in [2.75, 3.05) is 25.5 Å². The van der Waals surface area contributed by atoms with Gasteiger partial charge in [-0.15, -0.1) is 11.8 Å². The highest BCUT2D eigenvalue weighted by Crippen LogP contribution is 2.34. The summed E-state index contributed by atoms with van der Waals surface area (Å²) in [6.07, 6.45) is 1.19. The minimum atomic E-state index is 0.333. The van der Waals surface area contributed by atoms with Gasteiger partial charge >= 0.3 is 0 Å². The van der Waals surface area contributed by atoms with E-state index in [0.29, 0.717) is 4.87 Å². The van der Waals surface area contributed by atoms with Crippen LogP contribution in [-0.2, 0) is 4.74 Å². The van der Waals surface area contributed by atoms with Crippen LogP contribution >= 0.6 is 11.8 Å². The lowest BCUT2D eigenvalue weighted by Crippen LogP contribution is -2.37. The maximum Gasteiger partial charge on any atom is 0.0904 e. The first-order valence-corrected chi connectivity index (χ1v) is 4.37. The van der Waals surface area contributed by atoms with Crippen molar-refractivity contribution >= 4 is 11.8 Å². The minimum Gasteiger partial charge on any atom is -0.379 e. The number of hydrogen-bond acceptors (Lipinski definition) is 3. The summed E-state index contributed by atoms with van der Waals surface area (Å²) in [7, 11) is 0. The maximum absolute atomic E-state index is 5.30. The Hall–Kier alpha value is 0.270. The number of nitrogens with one attached hydrogen (secondary N) is 1. The van der Waals surface area contributed by atoms with E-state index < -0.39 is 0 Å². The molecule has 3 heteroatoms. The van der Waals surface area contributed by atoms with Gasteiger partial charge in [-0.25, -0.2) is 0 Å². The molecule has 1 atom stereocenters. The van der Waals surface area contributed by atoms with Gasteiger partial charge in [-0.05, 0) is 0 Å². The third-order valence-corrected chi connectivity index (χ3v) is 3.34. The van der Waals surface area contributed by atoms with E-state index in [4.69, 9.17) is 4.74 Å². The largest absolute Gasteiger partial charge is 0.379 e. The van der Waals surface area contributed by atoms with Crippen LogP contribution in [0.25, 0.3) is 0 Å². The summed E-state index contributed by atoms with van der Waals surface area (Å²) in [5, 5.41) is 3.47. The first-order chi connectivity index (χ1) is 4.41. The van der Waals surface area contributed by atoms with Gasteiger partial charge in [0, 0.05) is 25.3 Å². The number of thioether (sulfide) groups is 1. The summed E-state index contributed by atoms with van der Waals surface area (Å²) in [6.45, 7) is 3.02.